The van der Waals surface area contributed by atoms with E-state index in [2.05, 4.69) is 10.4 Å². The van der Waals surface area contributed by atoms with Gasteiger partial charge in [-0.15, -0.1) is 0 Å². The monoisotopic (exact) mass is 284 g/mol. The zero-order chi connectivity index (χ0) is 13.8. The molecule has 0 bridgehead atoms. The van der Waals surface area contributed by atoms with Gasteiger partial charge in [-0.05, 0) is 38.8 Å². The van der Waals surface area contributed by atoms with Crippen LogP contribution in [0.5, 0.6) is 0 Å². The molecule has 0 saturated carbocycles. The summed E-state index contributed by atoms with van der Waals surface area (Å²) in [5.41, 5.74) is 0.522. The molecule has 1 aliphatic heterocycles. The predicted octanol–water partition coefficient (Wildman–Crippen LogP) is 1.35. The van der Waals surface area contributed by atoms with Crippen molar-refractivity contribution >= 4 is 17.3 Å². The molecule has 0 unspecified atom stereocenters. The Bertz CT molecular complexity index is 482. The molecule has 1 aromatic heterocycles. The van der Waals surface area contributed by atoms with Crippen LogP contribution in [0.1, 0.15) is 19.8 Å². The van der Waals surface area contributed by atoms with Crippen LogP contribution in [-0.4, -0.2) is 36.5 Å². The number of aromatic nitrogens is 2. The minimum absolute atomic E-state index is 0.209. The number of piperidine rings is 1. The van der Waals surface area contributed by atoms with Crippen LogP contribution in [0.25, 0.3) is 0 Å². The van der Waals surface area contributed by atoms with E-state index < -0.39 is 0 Å². The van der Waals surface area contributed by atoms with E-state index in [1.807, 2.05) is 18.9 Å². The SMILES string of the molecule is CCn1ncc(N(C)CC2CCNCC2)c(Cl)c1=O. The number of nitrogens with zero attached hydrogens (tertiary/aromatic N) is 3. The minimum atomic E-state index is -0.209. The van der Waals surface area contributed by atoms with Crippen molar-refractivity contribution in [1.82, 2.24) is 15.1 Å². The van der Waals surface area contributed by atoms with Crippen LogP contribution in [0.3, 0.4) is 0 Å². The van der Waals surface area contributed by atoms with E-state index in [1.54, 1.807) is 6.20 Å². The lowest BCUT2D eigenvalue weighted by Crippen LogP contribution is -2.35. The first-order valence-corrected chi connectivity index (χ1v) is 7.18. The Morgan fingerprint density at radius 2 is 2.21 bits per heavy atom. The Balaban J connectivity index is 2.12. The third-order valence-electron chi connectivity index (χ3n) is 3.67. The molecule has 0 amide bonds. The first kappa shape index (κ1) is 14.3. The van der Waals surface area contributed by atoms with E-state index in [9.17, 15) is 4.79 Å². The second-order valence-corrected chi connectivity index (χ2v) is 5.42. The summed E-state index contributed by atoms with van der Waals surface area (Å²) in [6, 6.07) is 0. The summed E-state index contributed by atoms with van der Waals surface area (Å²) in [5, 5.41) is 7.76. The summed E-state index contributed by atoms with van der Waals surface area (Å²) in [4.78, 5) is 14.0. The van der Waals surface area contributed by atoms with Gasteiger partial charge in [0.05, 0.1) is 11.9 Å². The molecule has 0 atom stereocenters. The molecule has 0 aromatic carbocycles. The average Bonchev–Trinajstić information content (AvgIpc) is 2.42. The fraction of sp³-hybridized carbons (Fsp3) is 0.692. The van der Waals surface area contributed by atoms with Crippen molar-refractivity contribution in [3.63, 3.8) is 0 Å². The van der Waals surface area contributed by atoms with Crippen LogP contribution in [0.4, 0.5) is 5.69 Å². The lowest BCUT2D eigenvalue weighted by Gasteiger charge is -2.29. The molecule has 2 heterocycles. The molecule has 106 valence electrons. The topological polar surface area (TPSA) is 50.2 Å². The first-order chi connectivity index (χ1) is 9.13. The lowest BCUT2D eigenvalue weighted by molar-refractivity contribution is 0.377. The summed E-state index contributed by atoms with van der Waals surface area (Å²) in [6.07, 6.45) is 4.02. The van der Waals surface area contributed by atoms with Crippen LogP contribution in [-0.2, 0) is 6.54 Å². The molecule has 5 nitrogen and oxygen atoms in total. The number of halogens is 1. The van der Waals surface area contributed by atoms with Crippen molar-refractivity contribution < 1.29 is 0 Å². The number of aryl methyl sites for hydroxylation is 1. The summed E-state index contributed by atoms with van der Waals surface area (Å²) >= 11 is 6.16. The Labute approximate surface area is 118 Å². The third-order valence-corrected chi connectivity index (χ3v) is 4.02. The average molecular weight is 285 g/mol. The van der Waals surface area contributed by atoms with E-state index in [4.69, 9.17) is 11.6 Å². The second-order valence-electron chi connectivity index (χ2n) is 5.04. The van der Waals surface area contributed by atoms with E-state index in [0.717, 1.165) is 25.3 Å². The van der Waals surface area contributed by atoms with Crippen LogP contribution < -0.4 is 15.8 Å². The molecular formula is C13H21ClN4O. The second kappa shape index (κ2) is 6.39. The van der Waals surface area contributed by atoms with Crippen molar-refractivity contribution in [3.8, 4) is 0 Å². The zero-order valence-electron chi connectivity index (χ0n) is 11.5. The highest BCUT2D eigenvalue weighted by atomic mass is 35.5. The van der Waals surface area contributed by atoms with Crippen molar-refractivity contribution in [2.75, 3.05) is 31.6 Å². The van der Waals surface area contributed by atoms with Gasteiger partial charge < -0.3 is 10.2 Å². The summed E-state index contributed by atoms with van der Waals surface area (Å²) in [6.45, 7) is 5.47. The Kier molecular flexibility index (Phi) is 4.82. The normalized spacial score (nSPS) is 16.6. The maximum Gasteiger partial charge on any atom is 0.287 e. The van der Waals surface area contributed by atoms with Gasteiger partial charge in [0.25, 0.3) is 5.56 Å². The van der Waals surface area contributed by atoms with Gasteiger partial charge in [0.15, 0.2) is 0 Å². The molecule has 0 radical (unpaired) electrons. The van der Waals surface area contributed by atoms with E-state index in [-0.39, 0.29) is 10.6 Å². The zero-order valence-corrected chi connectivity index (χ0v) is 12.3. The van der Waals surface area contributed by atoms with Crippen molar-refractivity contribution in [1.29, 1.82) is 0 Å². The molecule has 1 aliphatic rings. The van der Waals surface area contributed by atoms with E-state index in [0.29, 0.717) is 12.5 Å². The van der Waals surface area contributed by atoms with Gasteiger partial charge in [-0.3, -0.25) is 4.79 Å². The largest absolute Gasteiger partial charge is 0.372 e. The van der Waals surface area contributed by atoms with Gasteiger partial charge in [-0.1, -0.05) is 11.6 Å². The summed E-state index contributed by atoms with van der Waals surface area (Å²) in [5.74, 6) is 0.649. The molecule has 1 fully saturated rings. The third kappa shape index (κ3) is 3.28. The minimum Gasteiger partial charge on any atom is -0.372 e. The Morgan fingerprint density at radius 1 is 1.53 bits per heavy atom. The molecule has 19 heavy (non-hydrogen) atoms. The van der Waals surface area contributed by atoms with Crippen molar-refractivity contribution in [2.24, 2.45) is 5.92 Å². The molecule has 1 aromatic rings. The Morgan fingerprint density at radius 3 is 2.84 bits per heavy atom. The summed E-state index contributed by atoms with van der Waals surface area (Å²) in [7, 11) is 1.97. The fourth-order valence-electron chi connectivity index (χ4n) is 2.50. The van der Waals surface area contributed by atoms with Gasteiger partial charge in [0, 0.05) is 20.1 Å². The quantitative estimate of drug-likeness (QED) is 0.907. The van der Waals surface area contributed by atoms with Crippen LogP contribution in [0, 0.1) is 5.92 Å². The van der Waals surface area contributed by atoms with Crippen LogP contribution in [0.15, 0.2) is 11.0 Å². The number of anilines is 1. The number of nitrogens with one attached hydrogen (secondary N) is 1. The van der Waals surface area contributed by atoms with Gasteiger partial charge in [-0.25, -0.2) is 4.68 Å². The van der Waals surface area contributed by atoms with Crippen LogP contribution in [0.2, 0.25) is 5.02 Å². The first-order valence-electron chi connectivity index (χ1n) is 6.81. The number of hydrogen-bond donors (Lipinski definition) is 1. The van der Waals surface area contributed by atoms with Crippen LogP contribution >= 0.6 is 11.6 Å². The molecule has 1 saturated heterocycles. The highest BCUT2D eigenvalue weighted by molar-refractivity contribution is 6.33. The molecule has 0 aliphatic carbocycles. The van der Waals surface area contributed by atoms with Gasteiger partial charge in [0.2, 0.25) is 0 Å². The van der Waals surface area contributed by atoms with E-state index >= 15 is 0 Å². The molecule has 2 rings (SSSR count). The summed E-state index contributed by atoms with van der Waals surface area (Å²) < 4.78 is 1.38. The van der Waals surface area contributed by atoms with Crippen molar-refractivity contribution in [3.05, 3.63) is 21.6 Å². The van der Waals surface area contributed by atoms with Gasteiger partial charge in [0.1, 0.15) is 5.02 Å². The van der Waals surface area contributed by atoms with Gasteiger partial charge >= 0.3 is 0 Å². The standard InChI is InChI=1S/C13H21ClN4O/c1-3-18-13(19)12(14)11(8-16-18)17(2)9-10-4-6-15-7-5-10/h8,10,15H,3-7,9H2,1-2H3. The molecular weight excluding hydrogens is 264 g/mol. The smallest absolute Gasteiger partial charge is 0.287 e. The lowest BCUT2D eigenvalue weighted by atomic mass is 9.97. The van der Waals surface area contributed by atoms with E-state index in [1.165, 1.54) is 17.5 Å². The number of hydrogen-bond acceptors (Lipinski definition) is 4. The number of rotatable bonds is 4. The maximum atomic E-state index is 11.9. The maximum absolute atomic E-state index is 11.9. The Hall–Kier alpha value is -1.07. The highest BCUT2D eigenvalue weighted by Gasteiger charge is 2.18. The highest BCUT2D eigenvalue weighted by Crippen LogP contribution is 2.22. The molecule has 1 N–H and O–H groups in total. The van der Waals surface area contributed by atoms with Crippen molar-refractivity contribution in [2.45, 2.75) is 26.3 Å². The fourth-order valence-corrected chi connectivity index (χ4v) is 2.79. The predicted molar refractivity (Wildman–Crippen MR) is 78.0 cm³/mol. The molecule has 0 spiro atoms. The van der Waals surface area contributed by atoms with Gasteiger partial charge in [-0.2, -0.15) is 5.10 Å². The molecule has 6 heteroatoms.